The van der Waals surface area contributed by atoms with Gasteiger partial charge in [-0.1, -0.05) is 24.3 Å². The van der Waals surface area contributed by atoms with E-state index < -0.39 is 11.7 Å². The second-order valence-electron chi connectivity index (χ2n) is 4.53. The molecule has 3 aromatic rings. The van der Waals surface area contributed by atoms with Crippen LogP contribution in [-0.4, -0.2) is 15.7 Å². The Hall–Kier alpha value is -2.47. The Balaban J connectivity index is 1.82. The number of rotatable bonds is 3. The lowest BCUT2D eigenvalue weighted by atomic mass is 10.2. The van der Waals surface area contributed by atoms with Gasteiger partial charge >= 0.3 is 0 Å². The van der Waals surface area contributed by atoms with Crippen molar-refractivity contribution in [1.29, 1.82) is 0 Å². The van der Waals surface area contributed by atoms with Crippen LogP contribution in [0.5, 0.6) is 0 Å². The van der Waals surface area contributed by atoms with Gasteiger partial charge in [-0.25, -0.2) is 9.07 Å². The topological polar surface area (TPSA) is 46.9 Å². The van der Waals surface area contributed by atoms with Crippen molar-refractivity contribution in [2.75, 3.05) is 5.32 Å². The first-order valence-corrected chi connectivity index (χ1v) is 7.31. The van der Waals surface area contributed by atoms with Crippen molar-refractivity contribution >= 4 is 27.7 Å². The van der Waals surface area contributed by atoms with E-state index in [0.717, 1.165) is 5.69 Å². The van der Waals surface area contributed by atoms with Gasteiger partial charge in [0.25, 0.3) is 5.91 Å². The van der Waals surface area contributed by atoms with Gasteiger partial charge in [0.1, 0.15) is 5.82 Å². The average molecular weight is 360 g/mol. The molecule has 0 saturated heterocycles. The number of hydrogen-bond donors (Lipinski definition) is 1. The van der Waals surface area contributed by atoms with E-state index in [1.165, 1.54) is 12.1 Å². The van der Waals surface area contributed by atoms with E-state index in [9.17, 15) is 9.18 Å². The molecule has 1 amide bonds. The summed E-state index contributed by atoms with van der Waals surface area (Å²) in [6, 6.07) is 15.5. The molecule has 0 unspecified atom stereocenters. The maximum Gasteiger partial charge on any atom is 0.260 e. The van der Waals surface area contributed by atoms with Gasteiger partial charge in [-0.05, 0) is 40.2 Å². The largest absolute Gasteiger partial charge is 0.305 e. The summed E-state index contributed by atoms with van der Waals surface area (Å²) in [6.07, 6.45) is 1.72. The smallest absolute Gasteiger partial charge is 0.260 e. The van der Waals surface area contributed by atoms with Gasteiger partial charge in [-0.3, -0.25) is 4.79 Å². The fourth-order valence-electron chi connectivity index (χ4n) is 2.01. The van der Waals surface area contributed by atoms with Crippen LogP contribution in [0.1, 0.15) is 10.4 Å². The third kappa shape index (κ3) is 2.92. The van der Waals surface area contributed by atoms with Gasteiger partial charge in [-0.2, -0.15) is 5.10 Å². The predicted octanol–water partition coefficient (Wildman–Crippen LogP) is 4.03. The molecule has 0 aliphatic carbocycles. The highest BCUT2D eigenvalue weighted by Crippen LogP contribution is 2.21. The Kier molecular flexibility index (Phi) is 4.02. The molecule has 0 fully saturated rings. The molecule has 22 heavy (non-hydrogen) atoms. The van der Waals surface area contributed by atoms with Crippen LogP contribution in [0.25, 0.3) is 5.69 Å². The molecular formula is C16H11BrFN3O. The molecule has 1 heterocycles. The molecule has 2 aromatic carbocycles. The minimum Gasteiger partial charge on any atom is -0.305 e. The number of nitrogens with one attached hydrogen (secondary N) is 1. The third-order valence-corrected chi connectivity index (χ3v) is 3.70. The summed E-state index contributed by atoms with van der Waals surface area (Å²) in [6.45, 7) is 0. The van der Waals surface area contributed by atoms with Crippen LogP contribution in [-0.2, 0) is 0 Å². The molecule has 0 aliphatic heterocycles. The zero-order chi connectivity index (χ0) is 15.5. The first-order chi connectivity index (χ1) is 10.6. The first-order valence-electron chi connectivity index (χ1n) is 6.51. The monoisotopic (exact) mass is 359 g/mol. The zero-order valence-electron chi connectivity index (χ0n) is 11.3. The van der Waals surface area contributed by atoms with Gasteiger partial charge in [-0.15, -0.1) is 0 Å². The highest BCUT2D eigenvalue weighted by Gasteiger charge is 2.16. The molecule has 4 nitrogen and oxygen atoms in total. The van der Waals surface area contributed by atoms with E-state index >= 15 is 0 Å². The van der Waals surface area contributed by atoms with Crippen molar-refractivity contribution in [2.24, 2.45) is 0 Å². The lowest BCUT2D eigenvalue weighted by Crippen LogP contribution is -2.15. The summed E-state index contributed by atoms with van der Waals surface area (Å²) < 4.78 is 15.8. The second-order valence-corrected chi connectivity index (χ2v) is 5.39. The molecule has 1 aromatic heterocycles. The van der Waals surface area contributed by atoms with Crippen molar-refractivity contribution in [3.05, 3.63) is 76.6 Å². The number of nitrogens with zero attached hydrogens (tertiary/aromatic N) is 2. The molecule has 1 N–H and O–H groups in total. The SMILES string of the molecule is O=C(Nc1ccn(-c2ccccc2)n1)c1c(F)cccc1Br. The molecule has 0 radical (unpaired) electrons. The van der Waals surface area contributed by atoms with Gasteiger partial charge in [0.05, 0.1) is 11.3 Å². The van der Waals surface area contributed by atoms with Gasteiger partial charge in [0.15, 0.2) is 5.82 Å². The summed E-state index contributed by atoms with van der Waals surface area (Å²) >= 11 is 3.18. The summed E-state index contributed by atoms with van der Waals surface area (Å²) in [5.74, 6) is -0.790. The quantitative estimate of drug-likeness (QED) is 0.767. The van der Waals surface area contributed by atoms with Crippen molar-refractivity contribution in [3.8, 4) is 5.69 Å². The second kappa shape index (κ2) is 6.11. The Morgan fingerprint density at radius 2 is 1.86 bits per heavy atom. The number of amides is 1. The molecule has 0 atom stereocenters. The highest BCUT2D eigenvalue weighted by molar-refractivity contribution is 9.10. The normalized spacial score (nSPS) is 10.5. The number of anilines is 1. The van der Waals surface area contributed by atoms with E-state index in [-0.39, 0.29) is 5.56 Å². The Morgan fingerprint density at radius 1 is 1.09 bits per heavy atom. The highest BCUT2D eigenvalue weighted by atomic mass is 79.9. The number of benzene rings is 2. The van der Waals surface area contributed by atoms with Crippen molar-refractivity contribution < 1.29 is 9.18 Å². The lowest BCUT2D eigenvalue weighted by Gasteiger charge is -2.05. The van der Waals surface area contributed by atoms with Gasteiger partial charge < -0.3 is 5.32 Å². The standard InChI is InChI=1S/C16H11BrFN3O/c17-12-7-4-8-13(18)15(12)16(22)19-14-9-10-21(20-14)11-5-2-1-3-6-11/h1-10H,(H,19,20,22). The molecule has 0 bridgehead atoms. The maximum absolute atomic E-state index is 13.8. The van der Waals surface area contributed by atoms with Crippen LogP contribution in [0, 0.1) is 5.82 Å². The van der Waals surface area contributed by atoms with Gasteiger partial charge in [0, 0.05) is 16.7 Å². The molecule has 110 valence electrons. The zero-order valence-corrected chi connectivity index (χ0v) is 12.9. The van der Waals surface area contributed by atoms with E-state index in [4.69, 9.17) is 0 Å². The molecular weight excluding hydrogens is 349 g/mol. The summed E-state index contributed by atoms with van der Waals surface area (Å²) in [5, 5.41) is 6.84. The number of hydrogen-bond acceptors (Lipinski definition) is 2. The average Bonchev–Trinajstić information content (AvgIpc) is 2.96. The van der Waals surface area contributed by atoms with E-state index in [2.05, 4.69) is 26.3 Å². The van der Waals surface area contributed by atoms with Crippen LogP contribution >= 0.6 is 15.9 Å². The summed E-state index contributed by atoms with van der Waals surface area (Å²) in [7, 11) is 0. The molecule has 3 rings (SSSR count). The summed E-state index contributed by atoms with van der Waals surface area (Å²) in [5.41, 5.74) is 0.826. The van der Waals surface area contributed by atoms with Crippen LogP contribution in [0.4, 0.5) is 10.2 Å². The number of para-hydroxylation sites is 1. The third-order valence-electron chi connectivity index (χ3n) is 3.04. The van der Waals surface area contributed by atoms with E-state index in [1.54, 1.807) is 23.0 Å². The van der Waals surface area contributed by atoms with E-state index in [0.29, 0.717) is 10.3 Å². The fraction of sp³-hybridized carbons (Fsp3) is 0. The lowest BCUT2D eigenvalue weighted by molar-refractivity contribution is 0.102. The maximum atomic E-state index is 13.8. The van der Waals surface area contributed by atoms with Crippen molar-refractivity contribution in [1.82, 2.24) is 9.78 Å². The van der Waals surface area contributed by atoms with Crippen molar-refractivity contribution in [3.63, 3.8) is 0 Å². The minimum atomic E-state index is -0.589. The number of halogens is 2. The Morgan fingerprint density at radius 3 is 2.59 bits per heavy atom. The Labute approximate surface area is 134 Å². The molecule has 0 saturated carbocycles. The number of aromatic nitrogens is 2. The molecule has 0 aliphatic rings. The van der Waals surface area contributed by atoms with Crippen LogP contribution < -0.4 is 5.32 Å². The van der Waals surface area contributed by atoms with Gasteiger partial charge in [0.2, 0.25) is 0 Å². The van der Waals surface area contributed by atoms with Crippen LogP contribution in [0.15, 0.2) is 65.3 Å². The van der Waals surface area contributed by atoms with Crippen molar-refractivity contribution in [2.45, 2.75) is 0 Å². The molecule has 0 spiro atoms. The number of carbonyl (C=O) groups is 1. The van der Waals surface area contributed by atoms with Crippen LogP contribution in [0.3, 0.4) is 0 Å². The number of carbonyl (C=O) groups excluding carboxylic acids is 1. The fourth-order valence-corrected chi connectivity index (χ4v) is 2.53. The van der Waals surface area contributed by atoms with Crippen LogP contribution in [0.2, 0.25) is 0 Å². The Bertz CT molecular complexity index is 797. The first kappa shape index (κ1) is 14.5. The molecule has 6 heteroatoms. The summed E-state index contributed by atoms with van der Waals surface area (Å²) in [4.78, 5) is 12.2. The minimum absolute atomic E-state index is 0.0447. The van der Waals surface area contributed by atoms with E-state index in [1.807, 2.05) is 30.3 Å². The predicted molar refractivity (Wildman–Crippen MR) is 85.6 cm³/mol.